The Morgan fingerprint density at radius 3 is 0.738 bits per heavy atom. The summed E-state index contributed by atoms with van der Waals surface area (Å²) < 4.78 is 604. The van der Waals surface area contributed by atoms with E-state index in [2.05, 4.69) is 63.6 Å². The average molecular weight is 1800 g/mol. The van der Waals surface area contributed by atoms with Crippen LogP contribution in [-0.2, 0) is 105 Å². The van der Waals surface area contributed by atoms with Gasteiger partial charge in [-0.1, -0.05) is 36.3 Å². The normalized spacial score (nSPS) is 33.7. The third-order valence-corrected chi connectivity index (χ3v) is 17.0. The van der Waals surface area contributed by atoms with Crippen LogP contribution in [0.5, 0.6) is 0 Å². The molecule has 126 heavy (non-hydrogen) atoms. The maximum Gasteiger partial charge on any atom is 0.407 e. The van der Waals surface area contributed by atoms with E-state index in [1.165, 1.54) is 26.0 Å². The number of nitrogens with one attached hydrogen (secondary N) is 12. The van der Waals surface area contributed by atoms with Gasteiger partial charge in [-0.15, -0.1) is 0 Å². The Labute approximate surface area is 837 Å². The van der Waals surface area contributed by atoms with E-state index in [9.17, 15) is 28.8 Å². The van der Waals surface area contributed by atoms with E-state index < -0.39 is 400 Å². The Morgan fingerprint density at radius 2 is 0.516 bits per heavy atom. The van der Waals surface area contributed by atoms with E-state index in [0.29, 0.717) is 4.90 Å². The molecule has 30 heteroatoms. The molecule has 0 radical (unpaired) electrons. The van der Waals surface area contributed by atoms with Crippen LogP contribution in [0.2, 0.25) is 0 Å². The van der Waals surface area contributed by atoms with Crippen molar-refractivity contribution < 1.29 is 156 Å². The van der Waals surface area contributed by atoms with Gasteiger partial charge in [0.2, 0.25) is 0 Å². The predicted octanol–water partition coefficient (Wildman–Crippen LogP) is 11.5. The van der Waals surface area contributed by atoms with Crippen molar-refractivity contribution in [2.75, 3.05) is 163 Å². The van der Waals surface area contributed by atoms with Gasteiger partial charge in [-0.25, -0.2) is 28.8 Å². The summed E-state index contributed by atoms with van der Waals surface area (Å²) in [4.78, 5) is 88.0. The highest BCUT2D eigenvalue weighted by Crippen LogP contribution is 2.29. The van der Waals surface area contributed by atoms with Crippen molar-refractivity contribution in [3.63, 3.8) is 0 Å². The number of likely N-dealkylation sites (N-methyl/N-ethyl adjacent to an activating group) is 6. The lowest BCUT2D eigenvalue weighted by Gasteiger charge is -2.09. The quantitative estimate of drug-likeness (QED) is 0.0186. The van der Waals surface area contributed by atoms with Crippen molar-refractivity contribution in [1.29, 1.82) is 0 Å². The molecule has 12 N–H and O–H groups in total. The predicted molar refractivity (Wildman–Crippen MR) is 495 cm³/mol. The fourth-order valence-corrected chi connectivity index (χ4v) is 11.4. The molecule has 12 heterocycles. The number of hydrogen-bond acceptors (Lipinski definition) is 18. The Hall–Kier alpha value is -12.1. The van der Waals surface area contributed by atoms with E-state index in [1.54, 1.807) is 19.0 Å². The van der Waals surface area contributed by atoms with E-state index in [-0.39, 0.29) is 158 Å². The zero-order valence-electron chi connectivity index (χ0n) is 139. The molecule has 6 aliphatic rings. The topological polar surface area (TPSA) is 344 Å². The van der Waals surface area contributed by atoms with Crippen LogP contribution in [0.15, 0.2) is 146 Å². The smallest absolute Gasteiger partial charge is 0.407 e. The summed E-state index contributed by atoms with van der Waals surface area (Å²) in [5.74, 6) is 0. The summed E-state index contributed by atoms with van der Waals surface area (Å²) in [6.45, 7) is -45.1. The summed E-state index contributed by atoms with van der Waals surface area (Å²) in [6.07, 6.45) is -23.6. The van der Waals surface area contributed by atoms with Gasteiger partial charge in [0.25, 0.3) is 0 Å². The number of ether oxygens (including phenoxy) is 6. The molecule has 0 spiro atoms. The lowest BCUT2D eigenvalue weighted by molar-refractivity contribution is 0.176. The lowest BCUT2D eigenvalue weighted by atomic mass is 10.0. The average Bonchev–Trinajstić information content (AvgIpc) is 1.57. The van der Waals surface area contributed by atoms with Crippen molar-refractivity contribution in [1.82, 2.24) is 91.2 Å². The van der Waals surface area contributed by atoms with Gasteiger partial charge in [-0.05, 0) is 300 Å². The van der Waals surface area contributed by atoms with Gasteiger partial charge in [0, 0.05) is 183 Å². The number of cyclic esters (lactones) is 6. The SMILES string of the molecule is [2H]c1[nH]c2c([2H])c([2H])c(C[C@]3([2H])NC(=O)OC3([2H])[2H])c([2H])c2c1C([2H])([2H])CN(C([2H])([2H])[2H])C([2H])([2H])[2H].[2H]c1[nH]c2c([2H])c([2H])c(C[C@]3([2H])NC(=O)OC3([2H])[2H])c([2H])c2c1C([2H])([2H])CN(C)C.[2H]c1[nH]c2c([2H])c([2H])c(C[C@]3([2H])NC(=O)OC3([2H])[2H])c([2H])c2c1C([2H])([2H])CN(C)C([2H])([2H])[2H].[2H]c1[nH]c2c([2H])c([2H])c(C[C@]3([2H])NC(=O)OC3([2H])[2H])c([2H])c2c1CC([2H])([2H])N(C([2H])([2H])[2H])C([2H])([2H])[2H].[2H]c1[nH]c2c([2H])c([2H])c(C[C@]3([2H])NC(=O)OC3([2H])[2H])c([2H])c2c1CC([2H])([2H])N(C)C.[2H]c1[nH]c2c([2H])c([2H])c(C[C@]3([2H])NC(=O)OC3([2H])[2H])c([2H])c2c1CC([2H])([2H])N(C)C([2H])([2H])[2H]. The van der Waals surface area contributed by atoms with E-state index in [1.807, 2.05) is 26.6 Å². The molecule has 672 valence electrons. The second-order valence-corrected chi connectivity index (χ2v) is 27.3. The molecule has 12 aromatic rings. The van der Waals surface area contributed by atoms with Crippen LogP contribution < -0.4 is 31.9 Å². The number of H-pyrrole nitrogens is 6. The summed E-state index contributed by atoms with van der Waals surface area (Å²) in [7, 11) is 8.57. The van der Waals surface area contributed by atoms with Gasteiger partial charge < -0.3 is 120 Å². The Balaban J connectivity index is 0.000000191. The molecule has 0 unspecified atom stereocenters. The summed E-state index contributed by atoms with van der Waals surface area (Å²) in [5, 5.41) is 10.9. The lowest BCUT2D eigenvalue weighted by Crippen LogP contribution is -2.28. The standard InChI is InChI=1S/6C16H21N3O2/c6*1-19(2)6-5-12-9-17-15-4-3-11(8-14(12)15)7-13-10-21-16(20)18-13/h6*3-4,8-9,13,17H,5-7,10H2,1-2H3,(H,18,20)/t6*13-/m000000/s1/i1D3,2D3,3D,4D,6D2,8D,9D,10D2,13D;1D3,2D3,3D,4D,5D2,8D,9D,10D2,13D;1D3,3D,4D,6D2,8D,9D,10D2,13D;1D3,3D,4D,5D2,8D,9D,10D2,13D;3D,4D,6D2,8D,9D,10D2,13D;3D,4D,5D2,8D,9D,10D2,13D. The van der Waals surface area contributed by atoms with E-state index in [4.69, 9.17) is 98.7 Å². The van der Waals surface area contributed by atoms with Crippen molar-refractivity contribution in [2.24, 2.45) is 0 Å². The number of fused-ring (bicyclic) bond motifs is 6. The summed E-state index contributed by atoms with van der Waals surface area (Å²) in [6, 6.07) is -23.9. The van der Waals surface area contributed by atoms with Crippen LogP contribution in [0.1, 0.15) is 165 Å². The highest BCUT2D eigenvalue weighted by Gasteiger charge is 2.29. The van der Waals surface area contributed by atoms with Crippen LogP contribution in [0.4, 0.5) is 28.8 Å². The highest BCUT2D eigenvalue weighted by molar-refractivity contribution is 5.88. The number of hydrogen-bond donors (Lipinski definition) is 12. The minimum absolute atomic E-state index is 0.0251. The van der Waals surface area contributed by atoms with Gasteiger partial charge in [0.1, 0.15) is 39.4 Å². The van der Waals surface area contributed by atoms with Crippen LogP contribution in [0.3, 0.4) is 0 Å². The molecule has 30 nitrogen and oxygen atoms in total. The van der Waals surface area contributed by atoms with Gasteiger partial charge in [-0.3, -0.25) is 0 Å². The molecule has 6 amide bonds. The van der Waals surface area contributed by atoms with Crippen molar-refractivity contribution in [3.8, 4) is 0 Å². The Morgan fingerprint density at radius 1 is 0.302 bits per heavy atom. The van der Waals surface area contributed by atoms with Crippen molar-refractivity contribution >= 4 is 102 Å². The molecule has 0 saturated carbocycles. The molecule has 0 bridgehead atoms. The molecule has 6 saturated heterocycles. The van der Waals surface area contributed by atoms with Crippen LogP contribution in [0.25, 0.3) is 65.4 Å². The monoisotopic (exact) mass is 1800 g/mol. The molecular formula is C96H126N18O12. The molecule has 6 aromatic carbocycles. The Bertz CT molecular complexity index is 9470. The molecule has 18 rings (SSSR count). The first-order valence-corrected chi connectivity index (χ1v) is 37.0. The number of aryl methyl sites for hydroxylation is 3. The number of aromatic amines is 6. The molecule has 0 aliphatic carbocycles. The van der Waals surface area contributed by atoms with E-state index in [0.717, 1.165) is 11.9 Å². The molecule has 6 atom stereocenters. The fraction of sp³-hybridized carbons (Fsp3) is 0.438. The third-order valence-electron chi connectivity index (χ3n) is 17.0. The van der Waals surface area contributed by atoms with Crippen molar-refractivity contribution in [3.05, 3.63) is 213 Å². The fourth-order valence-electron chi connectivity index (χ4n) is 11.4. The van der Waals surface area contributed by atoms with Gasteiger partial charge >= 0.3 is 36.6 Å². The largest absolute Gasteiger partial charge is 0.447 e. The van der Waals surface area contributed by atoms with Crippen LogP contribution >= 0.6 is 0 Å². The van der Waals surface area contributed by atoms with Crippen LogP contribution in [0, 0.1) is 0 Å². The number of alkyl carbamates (subject to hydrolysis) is 6. The minimum Gasteiger partial charge on any atom is -0.447 e. The first-order valence-electron chi connectivity index (χ1n) is 73.0. The zero-order chi connectivity index (χ0) is 152. The molecule has 6 fully saturated rings. The number of carbonyl (C=O) groups is 6. The number of benzene rings is 6. The maximum absolute atomic E-state index is 11.6. The first kappa shape index (κ1) is 37.1. The number of nitrogens with zero attached hydrogens (tertiary/aromatic N) is 6. The molecular weight excluding hydrogens is 1600 g/mol. The highest BCUT2D eigenvalue weighted by atomic mass is 16.6. The number of rotatable bonds is 30. The van der Waals surface area contributed by atoms with Gasteiger partial charge in [-0.2, -0.15) is 0 Å². The van der Waals surface area contributed by atoms with Gasteiger partial charge in [0.15, 0.2) is 0 Å². The van der Waals surface area contributed by atoms with Crippen LogP contribution in [-0.4, -0.2) is 295 Å². The number of aromatic nitrogens is 6. The maximum atomic E-state index is 11.6. The summed E-state index contributed by atoms with van der Waals surface area (Å²) >= 11 is 0. The zero-order valence-corrected chi connectivity index (χ0v) is 67.1. The summed E-state index contributed by atoms with van der Waals surface area (Å²) in [5.41, 5.74) is -4.34. The minimum atomic E-state index is -3.41. The molecule has 6 aliphatic heterocycles. The van der Waals surface area contributed by atoms with Gasteiger partial charge in [0.05, 0.1) is 93.7 Å². The second kappa shape index (κ2) is 43.7. The third kappa shape index (κ3) is 26.5. The first-order chi connectivity index (χ1) is 88.9. The number of amides is 6. The second-order valence-electron chi connectivity index (χ2n) is 27.3. The molecule has 6 aromatic heterocycles. The Kier molecular flexibility index (Phi) is 12.9. The van der Waals surface area contributed by atoms with E-state index >= 15 is 0 Å². The van der Waals surface area contributed by atoms with Crippen molar-refractivity contribution in [2.45, 2.75) is 113 Å². The number of carbonyl (C=O) groups excluding carboxylic acids is 6.